The van der Waals surface area contributed by atoms with Crippen LogP contribution >= 0.6 is 0 Å². The maximum absolute atomic E-state index is 11.0. The van der Waals surface area contributed by atoms with Gasteiger partial charge in [-0.1, -0.05) is 26.7 Å². The summed E-state index contributed by atoms with van der Waals surface area (Å²) < 4.78 is 10.8. The number of hydrogen-bond donors (Lipinski definition) is 0. The first-order valence-corrected chi connectivity index (χ1v) is 6.13. The zero-order valence-electron chi connectivity index (χ0n) is 10.8. The smallest absolute Gasteiger partial charge is 0.138 e. The lowest BCUT2D eigenvalue weighted by atomic mass is 10.3. The van der Waals surface area contributed by atoms with Crippen LogP contribution in [0.25, 0.3) is 0 Å². The van der Waals surface area contributed by atoms with Crippen LogP contribution in [-0.2, 0) is 14.3 Å². The molecule has 3 heteroatoms. The molecule has 0 bridgehead atoms. The van der Waals surface area contributed by atoms with Crippen LogP contribution in [-0.4, -0.2) is 19.0 Å². The van der Waals surface area contributed by atoms with Gasteiger partial charge < -0.3 is 9.47 Å². The number of unbranched alkanes of at least 4 members (excludes halogenated alkanes) is 2. The highest BCUT2D eigenvalue weighted by Crippen LogP contribution is 2.07. The Morgan fingerprint density at radius 3 is 2.31 bits per heavy atom. The Labute approximate surface area is 98.8 Å². The zero-order chi connectivity index (χ0) is 12.2. The van der Waals surface area contributed by atoms with Crippen molar-refractivity contribution < 1.29 is 14.3 Å². The van der Waals surface area contributed by atoms with Crippen LogP contribution in [0.3, 0.4) is 0 Å². The van der Waals surface area contributed by atoms with E-state index in [-0.39, 0.29) is 5.78 Å². The largest absolute Gasteiger partial charge is 0.498 e. The van der Waals surface area contributed by atoms with Crippen molar-refractivity contribution in [2.45, 2.75) is 52.9 Å². The van der Waals surface area contributed by atoms with E-state index >= 15 is 0 Å². The van der Waals surface area contributed by atoms with Gasteiger partial charge in [0.15, 0.2) is 0 Å². The number of Topliss-reactive ketones (excluding diaryl/α,β-unsaturated/α-hetero) is 1. The van der Waals surface area contributed by atoms with E-state index in [4.69, 9.17) is 9.47 Å². The third kappa shape index (κ3) is 9.56. The molecule has 94 valence electrons. The molecule has 0 rings (SSSR count). The van der Waals surface area contributed by atoms with Gasteiger partial charge in [0, 0.05) is 0 Å². The Balaban J connectivity index is 3.92. The van der Waals surface area contributed by atoms with Gasteiger partial charge in [0.25, 0.3) is 0 Å². The van der Waals surface area contributed by atoms with Gasteiger partial charge in [-0.05, 0) is 19.8 Å². The van der Waals surface area contributed by atoms with E-state index in [0.717, 1.165) is 25.7 Å². The summed E-state index contributed by atoms with van der Waals surface area (Å²) in [5, 5.41) is 0. The van der Waals surface area contributed by atoms with Crippen molar-refractivity contribution in [3.63, 3.8) is 0 Å². The van der Waals surface area contributed by atoms with E-state index in [9.17, 15) is 4.79 Å². The lowest BCUT2D eigenvalue weighted by molar-refractivity contribution is -0.117. The minimum atomic E-state index is 0.0989. The minimum Gasteiger partial charge on any atom is -0.498 e. The summed E-state index contributed by atoms with van der Waals surface area (Å²) in [4.78, 5) is 11.0. The van der Waals surface area contributed by atoms with Crippen LogP contribution in [0.15, 0.2) is 12.0 Å². The van der Waals surface area contributed by atoms with Gasteiger partial charge in [-0.25, -0.2) is 0 Å². The van der Waals surface area contributed by atoms with Gasteiger partial charge in [0.2, 0.25) is 0 Å². The van der Waals surface area contributed by atoms with Gasteiger partial charge in [-0.3, -0.25) is 4.79 Å². The molecule has 0 aliphatic rings. The molecular weight excluding hydrogens is 204 g/mol. The second-order valence-corrected chi connectivity index (χ2v) is 3.89. The van der Waals surface area contributed by atoms with Crippen molar-refractivity contribution in [3.8, 4) is 0 Å². The van der Waals surface area contributed by atoms with E-state index in [1.807, 2.05) is 0 Å². The number of carbonyl (C=O) groups is 1. The number of allylic oxidation sites excluding steroid dienone is 1. The van der Waals surface area contributed by atoms with Gasteiger partial charge in [0.1, 0.15) is 17.8 Å². The quantitative estimate of drug-likeness (QED) is 0.424. The summed E-state index contributed by atoms with van der Waals surface area (Å²) in [7, 11) is 0. The van der Waals surface area contributed by atoms with Crippen molar-refractivity contribution in [2.24, 2.45) is 0 Å². The average molecular weight is 228 g/mol. The predicted molar refractivity (Wildman–Crippen MR) is 65.1 cm³/mol. The maximum atomic E-state index is 11.0. The molecule has 0 aromatic carbocycles. The van der Waals surface area contributed by atoms with Crippen LogP contribution in [0, 0.1) is 0 Å². The lowest BCUT2D eigenvalue weighted by Gasteiger charge is -2.09. The number of hydrogen-bond acceptors (Lipinski definition) is 3. The number of ketones is 1. The van der Waals surface area contributed by atoms with E-state index < -0.39 is 0 Å². The highest BCUT2D eigenvalue weighted by molar-refractivity contribution is 5.77. The molecule has 0 unspecified atom stereocenters. The van der Waals surface area contributed by atoms with E-state index in [0.29, 0.717) is 25.4 Å². The van der Waals surface area contributed by atoms with Crippen LogP contribution < -0.4 is 0 Å². The van der Waals surface area contributed by atoms with Crippen LogP contribution in [0.1, 0.15) is 52.9 Å². The average Bonchev–Trinajstić information content (AvgIpc) is 2.23. The Hall–Kier alpha value is -0.990. The van der Waals surface area contributed by atoms with Gasteiger partial charge in [-0.2, -0.15) is 0 Å². The fraction of sp³-hybridized carbons (Fsp3) is 0.769. The van der Waals surface area contributed by atoms with Crippen LogP contribution in [0.4, 0.5) is 0 Å². The molecule has 0 heterocycles. The first kappa shape index (κ1) is 15.0. The van der Waals surface area contributed by atoms with Gasteiger partial charge in [0.05, 0.1) is 19.6 Å². The Kier molecular flexibility index (Phi) is 9.87. The van der Waals surface area contributed by atoms with Crippen molar-refractivity contribution in [1.29, 1.82) is 0 Å². The molecule has 0 saturated heterocycles. The number of carbonyl (C=O) groups excluding carboxylic acids is 1. The molecule has 0 aliphatic heterocycles. The molecule has 0 amide bonds. The van der Waals surface area contributed by atoms with Crippen molar-refractivity contribution in [3.05, 3.63) is 12.0 Å². The topological polar surface area (TPSA) is 35.5 Å². The molecule has 0 aromatic heterocycles. The second kappa shape index (κ2) is 10.5. The zero-order valence-corrected chi connectivity index (χ0v) is 10.8. The SMILES string of the molecule is CCCCOC=C(CC(C)=O)OCCCC. The predicted octanol–water partition coefficient (Wildman–Crippen LogP) is 3.44. The van der Waals surface area contributed by atoms with Gasteiger partial charge in [-0.15, -0.1) is 0 Å². The normalized spacial score (nSPS) is 11.3. The Morgan fingerprint density at radius 1 is 1.12 bits per heavy atom. The highest BCUT2D eigenvalue weighted by Gasteiger charge is 2.03. The minimum absolute atomic E-state index is 0.0989. The second-order valence-electron chi connectivity index (χ2n) is 3.89. The van der Waals surface area contributed by atoms with E-state index in [2.05, 4.69) is 13.8 Å². The summed E-state index contributed by atoms with van der Waals surface area (Å²) >= 11 is 0. The molecule has 0 atom stereocenters. The Morgan fingerprint density at radius 2 is 1.75 bits per heavy atom. The molecule has 3 nitrogen and oxygen atoms in total. The van der Waals surface area contributed by atoms with Crippen LogP contribution in [0.2, 0.25) is 0 Å². The fourth-order valence-corrected chi connectivity index (χ4v) is 1.10. The number of rotatable bonds is 10. The molecule has 0 fully saturated rings. The molecule has 0 radical (unpaired) electrons. The third-order valence-electron chi connectivity index (χ3n) is 2.04. The van der Waals surface area contributed by atoms with Gasteiger partial charge >= 0.3 is 0 Å². The molecule has 0 spiro atoms. The monoisotopic (exact) mass is 228 g/mol. The molecule has 0 N–H and O–H groups in total. The summed E-state index contributed by atoms with van der Waals surface area (Å²) in [6.45, 7) is 7.13. The summed E-state index contributed by atoms with van der Waals surface area (Å²) in [6, 6.07) is 0. The Bertz CT molecular complexity index is 209. The highest BCUT2D eigenvalue weighted by atomic mass is 16.5. The number of ether oxygens (including phenoxy) is 2. The van der Waals surface area contributed by atoms with Crippen LogP contribution in [0.5, 0.6) is 0 Å². The first-order chi connectivity index (χ1) is 7.70. The van der Waals surface area contributed by atoms with Crippen molar-refractivity contribution in [2.75, 3.05) is 13.2 Å². The first-order valence-electron chi connectivity index (χ1n) is 6.13. The molecule has 0 saturated carbocycles. The summed E-state index contributed by atoms with van der Waals surface area (Å²) in [6.07, 6.45) is 6.14. The lowest BCUT2D eigenvalue weighted by Crippen LogP contribution is -2.01. The molecule has 0 aliphatic carbocycles. The van der Waals surface area contributed by atoms with Crippen molar-refractivity contribution >= 4 is 5.78 Å². The fourth-order valence-electron chi connectivity index (χ4n) is 1.10. The standard InChI is InChI=1S/C13H24O3/c1-4-6-8-15-11-13(10-12(3)14)16-9-7-5-2/h11H,4-10H2,1-3H3. The van der Waals surface area contributed by atoms with E-state index in [1.54, 1.807) is 13.2 Å². The molecule has 16 heavy (non-hydrogen) atoms. The molecule has 0 aromatic rings. The third-order valence-corrected chi connectivity index (χ3v) is 2.04. The van der Waals surface area contributed by atoms with E-state index in [1.165, 1.54) is 0 Å². The molecular formula is C13H24O3. The van der Waals surface area contributed by atoms with Crippen molar-refractivity contribution in [1.82, 2.24) is 0 Å². The summed E-state index contributed by atoms with van der Waals surface area (Å²) in [5.74, 6) is 0.749. The maximum Gasteiger partial charge on any atom is 0.138 e. The summed E-state index contributed by atoms with van der Waals surface area (Å²) in [5.41, 5.74) is 0.